The summed E-state index contributed by atoms with van der Waals surface area (Å²) in [6.07, 6.45) is 4.10. The van der Waals surface area contributed by atoms with Gasteiger partial charge in [0.15, 0.2) is 0 Å². The van der Waals surface area contributed by atoms with Crippen molar-refractivity contribution in [3.63, 3.8) is 0 Å². The first-order valence-electron chi connectivity index (χ1n) is 11.6. The molecule has 0 bridgehead atoms. The molecule has 2 aliphatic rings. The van der Waals surface area contributed by atoms with Crippen molar-refractivity contribution in [3.05, 3.63) is 57.5 Å². The van der Waals surface area contributed by atoms with Gasteiger partial charge >= 0.3 is 0 Å². The average Bonchev–Trinajstić information content (AvgIpc) is 3.02. The van der Waals surface area contributed by atoms with Gasteiger partial charge in [-0.3, -0.25) is 14.9 Å². The predicted octanol–water partition coefficient (Wildman–Crippen LogP) is 7.12. The number of ether oxygens (including phenoxy) is 1. The lowest BCUT2D eigenvalue weighted by Crippen LogP contribution is -2.34. The molecular formula is C28H33NO3S. The zero-order valence-corrected chi connectivity index (χ0v) is 21.4. The molecule has 1 aliphatic carbocycles. The monoisotopic (exact) mass is 463 g/mol. The van der Waals surface area contributed by atoms with Gasteiger partial charge in [0, 0.05) is 5.56 Å². The van der Waals surface area contributed by atoms with Crippen molar-refractivity contribution in [2.24, 2.45) is 0 Å². The first kappa shape index (κ1) is 23.6. The van der Waals surface area contributed by atoms with Crippen molar-refractivity contribution >= 4 is 29.0 Å². The number of amides is 2. The van der Waals surface area contributed by atoms with Crippen molar-refractivity contribution in [2.45, 2.75) is 78.2 Å². The largest absolute Gasteiger partial charge is 0.490 e. The Kier molecular flexibility index (Phi) is 5.98. The number of fused-ring (bicyclic) bond motifs is 1. The summed E-state index contributed by atoms with van der Waals surface area (Å²) in [4.78, 5) is 23.9. The minimum absolute atomic E-state index is 0.00527. The van der Waals surface area contributed by atoms with Crippen molar-refractivity contribution in [2.75, 3.05) is 0 Å². The molecule has 1 saturated heterocycles. The molecule has 2 aromatic carbocycles. The highest BCUT2D eigenvalue weighted by atomic mass is 32.2. The van der Waals surface area contributed by atoms with Gasteiger partial charge in [0.1, 0.15) is 5.75 Å². The Morgan fingerprint density at radius 3 is 2.18 bits per heavy atom. The molecule has 5 heteroatoms. The molecule has 0 unspecified atom stereocenters. The van der Waals surface area contributed by atoms with Gasteiger partial charge in [-0.05, 0) is 102 Å². The summed E-state index contributed by atoms with van der Waals surface area (Å²) >= 11 is 0.927. The highest BCUT2D eigenvalue weighted by molar-refractivity contribution is 8.18. The van der Waals surface area contributed by atoms with Gasteiger partial charge in [-0.1, -0.05) is 45.9 Å². The molecule has 0 saturated carbocycles. The van der Waals surface area contributed by atoms with Crippen molar-refractivity contribution in [1.82, 2.24) is 5.32 Å². The number of rotatable bonds is 4. The smallest absolute Gasteiger partial charge is 0.290 e. The van der Waals surface area contributed by atoms with Crippen LogP contribution < -0.4 is 10.1 Å². The number of nitrogens with one attached hydrogen (secondary N) is 1. The average molecular weight is 464 g/mol. The minimum Gasteiger partial charge on any atom is -0.490 e. The summed E-state index contributed by atoms with van der Waals surface area (Å²) in [5, 5.41) is 1.97. The fraction of sp³-hybridized carbons (Fsp3) is 0.429. The minimum atomic E-state index is -0.351. The normalized spacial score (nSPS) is 20.2. The summed E-state index contributed by atoms with van der Waals surface area (Å²) in [5.74, 6) is 0.431. The van der Waals surface area contributed by atoms with Crippen LogP contribution in [0.15, 0.2) is 35.2 Å². The molecule has 174 valence electrons. The number of benzene rings is 2. The Hall–Kier alpha value is -2.53. The second-order valence-electron chi connectivity index (χ2n) is 10.8. The summed E-state index contributed by atoms with van der Waals surface area (Å²) in [7, 11) is 0. The molecule has 1 heterocycles. The molecule has 2 aromatic rings. The molecule has 0 radical (unpaired) electrons. The molecule has 2 amide bonds. The van der Waals surface area contributed by atoms with Crippen molar-refractivity contribution < 1.29 is 14.3 Å². The number of carbonyl (C=O) groups excluding carboxylic acids is 2. The maximum Gasteiger partial charge on any atom is 0.290 e. The Morgan fingerprint density at radius 2 is 1.61 bits per heavy atom. The van der Waals surface area contributed by atoms with E-state index in [0.29, 0.717) is 4.91 Å². The van der Waals surface area contributed by atoms with E-state index in [-0.39, 0.29) is 28.1 Å². The third-order valence-corrected chi connectivity index (χ3v) is 7.61. The van der Waals surface area contributed by atoms with E-state index in [9.17, 15) is 9.59 Å². The second kappa shape index (κ2) is 8.35. The van der Waals surface area contributed by atoms with Gasteiger partial charge in [-0.15, -0.1) is 0 Å². The second-order valence-corrected chi connectivity index (χ2v) is 11.8. The molecule has 33 heavy (non-hydrogen) atoms. The third-order valence-electron chi connectivity index (χ3n) is 6.80. The Balaban J connectivity index is 1.84. The number of hydrogen-bond donors (Lipinski definition) is 1. The summed E-state index contributed by atoms with van der Waals surface area (Å²) in [6, 6.07) is 10.8. The topological polar surface area (TPSA) is 55.4 Å². The molecule has 1 aliphatic heterocycles. The first-order valence-corrected chi connectivity index (χ1v) is 12.4. The van der Waals surface area contributed by atoms with Crippen LogP contribution in [0.3, 0.4) is 0 Å². The zero-order valence-electron chi connectivity index (χ0n) is 20.6. The lowest BCUT2D eigenvalue weighted by molar-refractivity contribution is -0.115. The van der Waals surface area contributed by atoms with Crippen LogP contribution in [-0.4, -0.2) is 17.3 Å². The van der Waals surface area contributed by atoms with E-state index in [1.807, 2.05) is 26.0 Å². The highest BCUT2D eigenvalue weighted by Crippen LogP contribution is 2.48. The van der Waals surface area contributed by atoms with Crippen LogP contribution in [0, 0.1) is 6.92 Å². The van der Waals surface area contributed by atoms with Gasteiger partial charge in [0.05, 0.1) is 11.0 Å². The fourth-order valence-electron chi connectivity index (χ4n) is 4.79. The maximum absolute atomic E-state index is 12.0. The number of imide groups is 1. The Bertz CT molecular complexity index is 1170. The summed E-state index contributed by atoms with van der Waals surface area (Å²) in [5.41, 5.74) is 7.44. The SMILES string of the molecule is Cc1cc2c(cc1-c1ccc(/C=C3/SC(=O)NC3=O)cc1OC(C)C)C(C)(C)CCC2(C)C. The molecule has 1 fully saturated rings. The van der Waals surface area contributed by atoms with Crippen LogP contribution in [0.1, 0.15) is 76.6 Å². The first-order chi connectivity index (χ1) is 15.4. The quantitative estimate of drug-likeness (QED) is 0.490. The van der Waals surface area contributed by atoms with Gasteiger partial charge < -0.3 is 4.74 Å². The fourth-order valence-corrected chi connectivity index (χ4v) is 5.47. The van der Waals surface area contributed by atoms with Crippen molar-refractivity contribution in [1.29, 1.82) is 0 Å². The third kappa shape index (κ3) is 4.61. The number of thioether (sulfide) groups is 1. The number of hydrogen-bond acceptors (Lipinski definition) is 4. The van der Waals surface area contributed by atoms with Gasteiger partial charge in [0.2, 0.25) is 0 Å². The Morgan fingerprint density at radius 1 is 0.970 bits per heavy atom. The highest BCUT2D eigenvalue weighted by Gasteiger charge is 2.37. The molecular weight excluding hydrogens is 430 g/mol. The van der Waals surface area contributed by atoms with Gasteiger partial charge in [0.25, 0.3) is 11.1 Å². The molecule has 0 atom stereocenters. The number of carbonyl (C=O) groups is 2. The molecule has 0 aromatic heterocycles. The van der Waals surface area contributed by atoms with E-state index in [1.54, 1.807) is 6.08 Å². The van der Waals surface area contributed by atoms with Crippen LogP contribution in [0.5, 0.6) is 5.75 Å². The van der Waals surface area contributed by atoms with E-state index in [4.69, 9.17) is 4.74 Å². The van der Waals surface area contributed by atoms with Crippen LogP contribution in [0.2, 0.25) is 0 Å². The van der Waals surface area contributed by atoms with Crippen LogP contribution in [0.4, 0.5) is 4.79 Å². The molecule has 1 N–H and O–H groups in total. The van der Waals surface area contributed by atoms with Gasteiger partial charge in [-0.25, -0.2) is 0 Å². The van der Waals surface area contributed by atoms with E-state index in [0.717, 1.165) is 35.1 Å². The lowest BCUT2D eigenvalue weighted by Gasteiger charge is -2.42. The molecule has 4 rings (SSSR count). The standard InChI is InChI=1S/C28H33NO3S/c1-16(2)32-23-13-18(14-24-25(30)29-26(31)33-24)8-9-19(23)20-15-22-21(12-17(20)3)27(4,5)10-11-28(22,6)7/h8-9,12-16H,10-11H2,1-7H3,(H,29,30,31)/b24-14+. The van der Waals surface area contributed by atoms with Crippen LogP contribution in [-0.2, 0) is 15.6 Å². The summed E-state index contributed by atoms with van der Waals surface area (Å²) in [6.45, 7) is 15.6. The molecule has 4 nitrogen and oxygen atoms in total. The zero-order chi connectivity index (χ0) is 24.1. The van der Waals surface area contributed by atoms with Crippen LogP contribution >= 0.6 is 11.8 Å². The van der Waals surface area contributed by atoms with Crippen LogP contribution in [0.25, 0.3) is 17.2 Å². The van der Waals surface area contributed by atoms with E-state index in [2.05, 4.69) is 58.1 Å². The lowest BCUT2D eigenvalue weighted by atomic mass is 9.62. The van der Waals surface area contributed by atoms with Gasteiger partial charge in [-0.2, -0.15) is 0 Å². The number of aryl methyl sites for hydroxylation is 1. The predicted molar refractivity (Wildman–Crippen MR) is 137 cm³/mol. The maximum atomic E-state index is 12.0. The van der Waals surface area contributed by atoms with E-state index >= 15 is 0 Å². The Labute approximate surface area is 201 Å². The van der Waals surface area contributed by atoms with E-state index in [1.165, 1.54) is 28.7 Å². The summed E-state index contributed by atoms with van der Waals surface area (Å²) < 4.78 is 6.24. The molecule has 0 spiro atoms. The van der Waals surface area contributed by atoms with E-state index < -0.39 is 0 Å². The van der Waals surface area contributed by atoms with Crippen molar-refractivity contribution in [3.8, 4) is 16.9 Å².